The van der Waals surface area contributed by atoms with Gasteiger partial charge in [-0.15, -0.1) is 0 Å². The first kappa shape index (κ1) is 49.4. The third-order valence-electron chi connectivity index (χ3n) is 19.1. The molecule has 0 fully saturated rings. The highest BCUT2D eigenvalue weighted by molar-refractivity contribution is 6.21. The normalized spacial score (nSPS) is 14.9. The third kappa shape index (κ3) is 6.99. The van der Waals surface area contributed by atoms with E-state index in [1.54, 1.807) is 0 Å². The molecule has 0 atom stereocenters. The minimum absolute atomic E-state index is 0.0426. The number of fused-ring (bicyclic) bond motifs is 19. The molecule has 16 rings (SSSR count). The molecule has 0 unspecified atom stereocenters. The van der Waals surface area contributed by atoms with Crippen molar-refractivity contribution in [2.75, 3.05) is 9.80 Å². The molecule has 402 valence electrons. The fraction of sp³-hybridized carbons (Fsp3) is 0.165. The zero-order chi connectivity index (χ0) is 56.5. The first-order valence-electron chi connectivity index (χ1n) is 29.4. The quantitative estimate of drug-likeness (QED) is 0.159. The maximum Gasteiger partial charge on any atom is 0.144 e. The van der Waals surface area contributed by atoms with E-state index in [1.807, 2.05) is 0 Å². The fourth-order valence-electron chi connectivity index (χ4n) is 15.0. The molecule has 0 aliphatic heterocycles. The van der Waals surface area contributed by atoms with Crippen molar-refractivity contribution in [2.24, 2.45) is 0 Å². The molecule has 0 amide bonds. The Bertz CT molecular complexity index is 4800. The Morgan fingerprint density at radius 2 is 0.759 bits per heavy atom. The number of benzene rings is 11. The smallest absolute Gasteiger partial charge is 0.144 e. The van der Waals surface area contributed by atoms with E-state index in [0.717, 1.165) is 78.4 Å². The largest absolute Gasteiger partial charge is 0.455 e. The summed E-state index contributed by atoms with van der Waals surface area (Å²) in [6.07, 6.45) is 0. The van der Waals surface area contributed by atoms with Gasteiger partial charge in [0.25, 0.3) is 0 Å². The van der Waals surface area contributed by atoms with Crippen molar-refractivity contribution in [1.82, 2.24) is 0 Å². The lowest BCUT2D eigenvalue weighted by Gasteiger charge is -2.32. The Hall–Kier alpha value is -9.38. The molecule has 2 aromatic heterocycles. The van der Waals surface area contributed by atoms with Crippen LogP contribution in [0, 0.1) is 0 Å². The van der Waals surface area contributed by atoms with Crippen molar-refractivity contribution >= 4 is 78.0 Å². The van der Waals surface area contributed by atoms with Crippen LogP contribution in [0.5, 0.6) is 0 Å². The van der Waals surface area contributed by atoms with E-state index in [-0.39, 0.29) is 21.7 Å². The maximum atomic E-state index is 7.06. The summed E-state index contributed by atoms with van der Waals surface area (Å²) in [6, 6.07) is 82.8. The van der Waals surface area contributed by atoms with Gasteiger partial charge in [-0.2, -0.15) is 0 Å². The number of para-hydroxylation sites is 4. The highest BCUT2D eigenvalue weighted by Crippen LogP contribution is 2.64. The van der Waals surface area contributed by atoms with Crippen molar-refractivity contribution in [2.45, 2.75) is 84.0 Å². The summed E-state index contributed by atoms with van der Waals surface area (Å²) < 4.78 is 14.0. The van der Waals surface area contributed by atoms with E-state index >= 15 is 0 Å². The zero-order valence-electron chi connectivity index (χ0n) is 48.6. The first-order chi connectivity index (χ1) is 40.1. The minimum atomic E-state index is -0.372. The highest BCUT2D eigenvalue weighted by atomic mass is 16.3. The summed E-state index contributed by atoms with van der Waals surface area (Å²) in [5.41, 5.74) is 28.6. The van der Waals surface area contributed by atoms with Crippen LogP contribution in [-0.4, -0.2) is 0 Å². The standard InChI is InChI=1S/C79H64N2O2/c1-76(2,3)48-34-32-47(33-35-48)60-46-64-67(69-58-27-17-20-30-65(58)82-74(60)69)56-42-40-53(44-62(56)77(64,4)5)81(52-38-36-51(37-39-52)80(49-22-12-10-13-23-49)50-24-14-11-15-25-50)54-41-43-57-63(45-54)79(8,9)72-68(57)70-59-28-18-21-31-66(59)83-75(70)71-55-26-16-19-29-61(55)78(6,7)73(71)72/h10-46H,1-9H3. The molecule has 3 aliphatic rings. The number of hydrogen-bond acceptors (Lipinski definition) is 4. The monoisotopic (exact) mass is 1070 g/mol. The molecule has 0 radical (unpaired) electrons. The van der Waals surface area contributed by atoms with Crippen LogP contribution in [0.2, 0.25) is 0 Å². The van der Waals surface area contributed by atoms with Gasteiger partial charge in [0.1, 0.15) is 22.3 Å². The molecule has 2 heterocycles. The van der Waals surface area contributed by atoms with Gasteiger partial charge < -0.3 is 18.6 Å². The molecule has 4 heteroatoms. The average molecular weight is 1070 g/mol. The molecular formula is C79H64N2O2. The van der Waals surface area contributed by atoms with E-state index < -0.39 is 0 Å². The summed E-state index contributed by atoms with van der Waals surface area (Å²) in [7, 11) is 0. The van der Waals surface area contributed by atoms with E-state index in [0.29, 0.717) is 0 Å². The van der Waals surface area contributed by atoms with Gasteiger partial charge in [0.15, 0.2) is 0 Å². The van der Waals surface area contributed by atoms with E-state index in [9.17, 15) is 0 Å². The average Bonchev–Trinajstić information content (AvgIpc) is 1.73. The lowest BCUT2D eigenvalue weighted by atomic mass is 9.72. The van der Waals surface area contributed by atoms with E-state index in [2.05, 4.69) is 297 Å². The van der Waals surface area contributed by atoms with Crippen LogP contribution in [0.15, 0.2) is 233 Å². The summed E-state index contributed by atoms with van der Waals surface area (Å²) in [6.45, 7) is 21.4. The number of anilines is 6. The van der Waals surface area contributed by atoms with Crippen molar-refractivity contribution in [1.29, 1.82) is 0 Å². The van der Waals surface area contributed by atoms with Gasteiger partial charge in [-0.1, -0.05) is 196 Å². The Morgan fingerprint density at radius 1 is 0.325 bits per heavy atom. The van der Waals surface area contributed by atoms with Gasteiger partial charge in [-0.05, 0) is 169 Å². The van der Waals surface area contributed by atoms with Gasteiger partial charge in [0.05, 0.1) is 0 Å². The maximum absolute atomic E-state index is 7.06. The molecule has 0 N–H and O–H groups in total. The molecular weight excluding hydrogens is 1010 g/mol. The Kier molecular flexibility index (Phi) is 10.3. The zero-order valence-corrected chi connectivity index (χ0v) is 48.6. The number of nitrogens with zero attached hydrogens (tertiary/aromatic N) is 2. The SMILES string of the molecule is CC(C)(C)c1ccc(-c2cc3c(c4c2oc2ccccc24)-c2ccc(N(c4ccc(N(c5ccccc5)c5ccccc5)cc4)c4ccc5c(c4)C(C)(C)c4c6c(c7oc8ccccc8c7c4-5)-c4ccccc4C6(C)C)cc2C3(C)C)cc1. The second-order valence-electron chi connectivity index (χ2n) is 26.0. The Morgan fingerprint density at radius 3 is 1.35 bits per heavy atom. The molecule has 13 aromatic rings. The molecule has 3 aliphatic carbocycles. The van der Waals surface area contributed by atoms with Gasteiger partial charge in [-0.3, -0.25) is 0 Å². The van der Waals surface area contributed by atoms with Crippen LogP contribution in [0.4, 0.5) is 34.1 Å². The minimum Gasteiger partial charge on any atom is -0.455 e. The Balaban J connectivity index is 0.904. The molecule has 0 spiro atoms. The molecule has 4 nitrogen and oxygen atoms in total. The van der Waals surface area contributed by atoms with Crippen LogP contribution in [0.3, 0.4) is 0 Å². The second kappa shape index (κ2) is 17.3. The fourth-order valence-corrected chi connectivity index (χ4v) is 15.0. The van der Waals surface area contributed by atoms with Crippen molar-refractivity contribution in [3.8, 4) is 44.5 Å². The number of rotatable bonds is 7. The lowest BCUT2D eigenvalue weighted by molar-refractivity contribution is 0.590. The lowest BCUT2D eigenvalue weighted by Crippen LogP contribution is -2.24. The highest BCUT2D eigenvalue weighted by Gasteiger charge is 2.49. The van der Waals surface area contributed by atoms with Crippen LogP contribution >= 0.6 is 0 Å². The van der Waals surface area contributed by atoms with Crippen molar-refractivity contribution in [3.05, 3.63) is 263 Å². The van der Waals surface area contributed by atoms with Crippen LogP contribution < -0.4 is 9.80 Å². The molecule has 0 saturated carbocycles. The van der Waals surface area contributed by atoms with E-state index in [4.69, 9.17) is 8.83 Å². The molecule has 83 heavy (non-hydrogen) atoms. The van der Waals surface area contributed by atoms with Crippen LogP contribution in [0.1, 0.15) is 101 Å². The van der Waals surface area contributed by atoms with Crippen molar-refractivity contribution < 1.29 is 8.83 Å². The first-order valence-corrected chi connectivity index (χ1v) is 29.4. The summed E-state index contributed by atoms with van der Waals surface area (Å²) in [5.74, 6) is 0. The Labute approximate surface area is 485 Å². The molecule has 0 bridgehead atoms. The van der Waals surface area contributed by atoms with Gasteiger partial charge >= 0.3 is 0 Å². The van der Waals surface area contributed by atoms with Crippen molar-refractivity contribution in [3.63, 3.8) is 0 Å². The number of furan rings is 2. The van der Waals surface area contributed by atoms with Crippen LogP contribution in [-0.2, 0) is 21.7 Å². The third-order valence-corrected chi connectivity index (χ3v) is 19.1. The van der Waals surface area contributed by atoms with Gasteiger partial charge in [0.2, 0.25) is 0 Å². The second-order valence-corrected chi connectivity index (χ2v) is 26.0. The topological polar surface area (TPSA) is 32.8 Å². The molecule has 11 aromatic carbocycles. The summed E-state index contributed by atoms with van der Waals surface area (Å²) in [5, 5.41) is 4.69. The molecule has 0 saturated heterocycles. The number of hydrogen-bond donors (Lipinski definition) is 0. The van der Waals surface area contributed by atoms with E-state index in [1.165, 1.54) is 83.1 Å². The summed E-state index contributed by atoms with van der Waals surface area (Å²) >= 11 is 0. The van der Waals surface area contributed by atoms with Crippen LogP contribution in [0.25, 0.3) is 88.4 Å². The predicted molar refractivity (Wildman–Crippen MR) is 347 cm³/mol. The van der Waals surface area contributed by atoms with Gasteiger partial charge in [-0.25, -0.2) is 0 Å². The predicted octanol–water partition coefficient (Wildman–Crippen LogP) is 22.3. The summed E-state index contributed by atoms with van der Waals surface area (Å²) in [4.78, 5) is 4.83. The van der Waals surface area contributed by atoms with Gasteiger partial charge in [0, 0.05) is 83.0 Å².